The number of carbonyl (C=O) groups excluding carboxylic acids is 1. The minimum absolute atomic E-state index is 0.00115. The summed E-state index contributed by atoms with van der Waals surface area (Å²) in [4.78, 5) is 14.2. The molecule has 0 saturated carbocycles. The summed E-state index contributed by atoms with van der Waals surface area (Å²) in [5, 5.41) is 10.3. The van der Waals surface area contributed by atoms with E-state index in [0.717, 1.165) is 74.3 Å². The number of nitrogens with one attached hydrogen (secondary N) is 3. The van der Waals surface area contributed by atoms with Crippen LogP contribution >= 0.6 is 0 Å². The third-order valence-corrected chi connectivity index (χ3v) is 6.73. The van der Waals surface area contributed by atoms with Crippen molar-refractivity contribution in [3.05, 3.63) is 91.4 Å². The lowest BCUT2D eigenvalue weighted by atomic mass is 9.91. The Hall–Kier alpha value is -3.15. The molecule has 1 aromatic rings. The van der Waals surface area contributed by atoms with Crippen molar-refractivity contribution in [1.82, 2.24) is 15.5 Å². The molecule has 0 aromatic heterocycles. The Kier molecular flexibility index (Phi) is 15.8. The van der Waals surface area contributed by atoms with Crippen molar-refractivity contribution in [2.75, 3.05) is 25.5 Å². The number of anilines is 1. The third-order valence-electron chi connectivity index (χ3n) is 6.73. The molecule has 5 nitrogen and oxygen atoms in total. The standard InChI is InChI=1S/C33H51BN4O/c1-10-14-25(4)33(39)38(9)22-13-11-12-15-27(6)37-32(24(2)3)29(8)35-23-28(7)36-31-20-18-30(19-21-31)17-16-26(5)34/h10,18-21,24-25,32,35-37H,1,5-8,11-17,22-23H2,2-4,9H3. The van der Waals surface area contributed by atoms with Gasteiger partial charge in [-0.15, -0.1) is 18.6 Å². The molecule has 39 heavy (non-hydrogen) atoms. The fourth-order valence-electron chi connectivity index (χ4n) is 4.29. The number of hydrogen-bond donors (Lipinski definition) is 3. The number of rotatable bonds is 21. The van der Waals surface area contributed by atoms with Gasteiger partial charge in [-0.2, -0.15) is 0 Å². The molecule has 0 aliphatic carbocycles. The van der Waals surface area contributed by atoms with Crippen molar-refractivity contribution in [3.8, 4) is 0 Å². The SMILES string of the molecule is [B]C(=C)CCc1ccc(NC(=C)CNC(=C)C(NC(=C)CCCCCN(C)C(=O)C(C)CC=C)C(C)C)cc1. The van der Waals surface area contributed by atoms with Gasteiger partial charge in [-0.25, -0.2) is 0 Å². The second-order valence-corrected chi connectivity index (χ2v) is 10.9. The van der Waals surface area contributed by atoms with Gasteiger partial charge in [0.05, 0.1) is 12.6 Å². The molecule has 2 atom stereocenters. The molecule has 3 N–H and O–H groups in total. The molecule has 2 radical (unpaired) electrons. The summed E-state index contributed by atoms with van der Waals surface area (Å²) >= 11 is 0. The van der Waals surface area contributed by atoms with Crippen molar-refractivity contribution in [2.45, 2.75) is 71.8 Å². The quantitative estimate of drug-likeness (QED) is 0.0942. The van der Waals surface area contributed by atoms with Crippen LogP contribution in [0.3, 0.4) is 0 Å². The van der Waals surface area contributed by atoms with Crippen molar-refractivity contribution in [1.29, 1.82) is 0 Å². The van der Waals surface area contributed by atoms with Gasteiger partial charge in [0.1, 0.15) is 7.85 Å². The first kappa shape index (κ1) is 33.9. The number of carbonyl (C=O) groups is 1. The van der Waals surface area contributed by atoms with Crippen LogP contribution in [0.2, 0.25) is 0 Å². The first-order valence-corrected chi connectivity index (χ1v) is 14.1. The summed E-state index contributed by atoms with van der Waals surface area (Å²) in [6.07, 6.45) is 8.16. The van der Waals surface area contributed by atoms with Crippen LogP contribution in [0, 0.1) is 11.8 Å². The number of amides is 1. The largest absolute Gasteiger partial charge is 0.382 e. The summed E-state index contributed by atoms with van der Waals surface area (Å²) in [6.45, 7) is 27.8. The molecule has 0 aliphatic heterocycles. The molecular weight excluding hydrogens is 479 g/mol. The fourth-order valence-corrected chi connectivity index (χ4v) is 4.29. The van der Waals surface area contributed by atoms with E-state index in [1.807, 2.05) is 18.9 Å². The zero-order valence-electron chi connectivity index (χ0n) is 25.0. The highest BCUT2D eigenvalue weighted by Crippen LogP contribution is 2.16. The number of hydrogen-bond acceptors (Lipinski definition) is 4. The molecule has 212 valence electrons. The number of unbranched alkanes of at least 4 members (excludes halogenated alkanes) is 2. The molecular formula is C33H51BN4O. The maximum absolute atomic E-state index is 12.3. The normalized spacial score (nSPS) is 12.2. The Morgan fingerprint density at radius 2 is 1.67 bits per heavy atom. The number of allylic oxidation sites excluding steroid dienone is 3. The maximum atomic E-state index is 12.3. The van der Waals surface area contributed by atoms with Gasteiger partial charge in [-0.1, -0.05) is 65.1 Å². The van der Waals surface area contributed by atoms with Gasteiger partial charge in [0, 0.05) is 42.3 Å². The van der Waals surface area contributed by atoms with Crippen molar-refractivity contribution in [2.24, 2.45) is 11.8 Å². The van der Waals surface area contributed by atoms with Crippen LogP contribution in [0.4, 0.5) is 5.69 Å². The van der Waals surface area contributed by atoms with E-state index in [0.29, 0.717) is 17.9 Å². The van der Waals surface area contributed by atoms with Crippen molar-refractivity contribution < 1.29 is 4.79 Å². The lowest BCUT2D eigenvalue weighted by Gasteiger charge is -2.28. The van der Waals surface area contributed by atoms with E-state index in [-0.39, 0.29) is 17.9 Å². The van der Waals surface area contributed by atoms with Gasteiger partial charge in [-0.3, -0.25) is 4.79 Å². The lowest BCUT2D eigenvalue weighted by Crippen LogP contribution is -2.40. The van der Waals surface area contributed by atoms with Crippen LogP contribution in [-0.4, -0.2) is 44.8 Å². The molecule has 0 heterocycles. The van der Waals surface area contributed by atoms with Crippen LogP contribution in [0.1, 0.15) is 64.9 Å². The Morgan fingerprint density at radius 1 is 1.00 bits per heavy atom. The summed E-state index contributed by atoms with van der Waals surface area (Å²) < 4.78 is 0. The highest BCUT2D eigenvalue weighted by Gasteiger charge is 2.18. The second-order valence-electron chi connectivity index (χ2n) is 10.9. The van der Waals surface area contributed by atoms with Crippen LogP contribution in [0.15, 0.2) is 85.8 Å². The van der Waals surface area contributed by atoms with Crippen LogP contribution in [0.25, 0.3) is 0 Å². The zero-order valence-corrected chi connectivity index (χ0v) is 25.0. The van der Waals surface area contributed by atoms with Crippen molar-refractivity contribution >= 4 is 19.4 Å². The lowest BCUT2D eigenvalue weighted by molar-refractivity contribution is -0.133. The van der Waals surface area contributed by atoms with Crippen LogP contribution in [0.5, 0.6) is 0 Å². The number of nitrogens with zero attached hydrogens (tertiary/aromatic N) is 1. The molecule has 2 unspecified atom stereocenters. The molecule has 0 fully saturated rings. The summed E-state index contributed by atoms with van der Waals surface area (Å²) in [5.74, 6) is 0.531. The summed E-state index contributed by atoms with van der Waals surface area (Å²) in [7, 11) is 7.56. The van der Waals surface area contributed by atoms with E-state index >= 15 is 0 Å². The molecule has 1 rings (SSSR count). The van der Waals surface area contributed by atoms with Gasteiger partial charge < -0.3 is 20.9 Å². The Balaban J connectivity index is 2.39. The monoisotopic (exact) mass is 530 g/mol. The minimum atomic E-state index is -0.00115. The van der Waals surface area contributed by atoms with Gasteiger partial charge in [0.15, 0.2) is 0 Å². The van der Waals surface area contributed by atoms with E-state index in [1.54, 1.807) is 6.08 Å². The third kappa shape index (κ3) is 14.0. The van der Waals surface area contributed by atoms with Gasteiger partial charge in [0.2, 0.25) is 5.91 Å². The topological polar surface area (TPSA) is 56.4 Å². The molecule has 0 bridgehead atoms. The second kappa shape index (κ2) is 18.2. The van der Waals surface area contributed by atoms with E-state index in [2.05, 4.69) is 87.0 Å². The highest BCUT2D eigenvalue weighted by molar-refractivity contribution is 6.21. The summed E-state index contributed by atoms with van der Waals surface area (Å²) in [5.41, 5.74) is 5.72. The fraction of sp³-hybridized carbons (Fsp3) is 0.485. The molecule has 0 aliphatic rings. The molecule has 1 amide bonds. The predicted molar refractivity (Wildman–Crippen MR) is 171 cm³/mol. The minimum Gasteiger partial charge on any atom is -0.382 e. The van der Waals surface area contributed by atoms with E-state index in [9.17, 15) is 4.79 Å². The Bertz CT molecular complexity index is 966. The number of aryl methyl sites for hydroxylation is 1. The average Bonchev–Trinajstić information content (AvgIpc) is 2.89. The Morgan fingerprint density at radius 3 is 2.26 bits per heavy atom. The smallest absolute Gasteiger partial charge is 0.225 e. The van der Waals surface area contributed by atoms with E-state index in [1.165, 1.54) is 5.56 Å². The predicted octanol–water partition coefficient (Wildman–Crippen LogP) is 6.69. The van der Waals surface area contributed by atoms with Crippen molar-refractivity contribution in [3.63, 3.8) is 0 Å². The van der Waals surface area contributed by atoms with Gasteiger partial charge in [0.25, 0.3) is 0 Å². The molecule has 1 aromatic carbocycles. The van der Waals surface area contributed by atoms with E-state index in [4.69, 9.17) is 7.85 Å². The van der Waals surface area contributed by atoms with Gasteiger partial charge in [-0.05, 0) is 62.1 Å². The first-order valence-electron chi connectivity index (χ1n) is 14.1. The first-order chi connectivity index (χ1) is 18.4. The van der Waals surface area contributed by atoms with Crippen LogP contribution < -0.4 is 16.0 Å². The highest BCUT2D eigenvalue weighted by atomic mass is 16.2. The van der Waals surface area contributed by atoms with Gasteiger partial charge >= 0.3 is 0 Å². The molecule has 0 spiro atoms. The van der Waals surface area contributed by atoms with Crippen LogP contribution in [-0.2, 0) is 11.2 Å². The number of benzene rings is 1. The zero-order chi connectivity index (χ0) is 29.4. The van der Waals surface area contributed by atoms with E-state index < -0.39 is 0 Å². The summed E-state index contributed by atoms with van der Waals surface area (Å²) in [6, 6.07) is 8.36. The average molecular weight is 531 g/mol. The Labute approximate surface area is 240 Å². The molecule has 6 heteroatoms. The maximum Gasteiger partial charge on any atom is 0.225 e. The molecule has 0 saturated heterocycles.